The van der Waals surface area contributed by atoms with Crippen LogP contribution in [0.5, 0.6) is 0 Å². The van der Waals surface area contributed by atoms with Gasteiger partial charge < -0.3 is 14.9 Å². The van der Waals surface area contributed by atoms with E-state index in [0.29, 0.717) is 6.54 Å². The first-order chi connectivity index (χ1) is 9.93. The van der Waals surface area contributed by atoms with E-state index in [4.69, 9.17) is 5.11 Å². The summed E-state index contributed by atoms with van der Waals surface area (Å²) in [6.45, 7) is 8.32. The van der Waals surface area contributed by atoms with E-state index in [1.807, 2.05) is 23.6 Å². The first-order valence-electron chi connectivity index (χ1n) is 7.85. The predicted octanol–water partition coefficient (Wildman–Crippen LogP) is 2.72. The van der Waals surface area contributed by atoms with Crippen molar-refractivity contribution in [3.63, 3.8) is 0 Å². The van der Waals surface area contributed by atoms with Crippen molar-refractivity contribution in [2.45, 2.75) is 64.1 Å². The molecule has 2 heterocycles. The highest BCUT2D eigenvalue weighted by molar-refractivity contribution is 5.76. The average molecular weight is 294 g/mol. The minimum absolute atomic E-state index is 0.0891. The molecule has 2 unspecified atom stereocenters. The number of fused-ring (bicyclic) bond motifs is 2. The van der Waals surface area contributed by atoms with E-state index in [2.05, 4.69) is 6.58 Å². The van der Waals surface area contributed by atoms with Crippen LogP contribution in [0.25, 0.3) is 0 Å². The summed E-state index contributed by atoms with van der Waals surface area (Å²) in [5.74, 6) is -0.509. The Labute approximate surface area is 126 Å². The molecule has 0 radical (unpaired) electrons. The first-order valence-corrected chi connectivity index (χ1v) is 7.85. The number of hydrogen-bond donors (Lipinski definition) is 1. The number of carbonyl (C=O) groups excluding carboxylic acids is 1. The molecule has 0 spiro atoms. The summed E-state index contributed by atoms with van der Waals surface area (Å²) in [6, 6.07) is 0.663. The Morgan fingerprint density at radius 3 is 2.33 bits per heavy atom. The predicted molar refractivity (Wildman–Crippen MR) is 81.1 cm³/mol. The van der Waals surface area contributed by atoms with Crippen LogP contribution in [0.15, 0.2) is 12.7 Å². The van der Waals surface area contributed by atoms with Crippen molar-refractivity contribution in [1.29, 1.82) is 0 Å². The Morgan fingerprint density at radius 1 is 1.33 bits per heavy atom. The van der Waals surface area contributed by atoms with Crippen LogP contribution in [0.1, 0.15) is 46.0 Å². The second-order valence-electron chi connectivity index (χ2n) is 6.54. The van der Waals surface area contributed by atoms with Gasteiger partial charge in [0.2, 0.25) is 0 Å². The quantitative estimate of drug-likeness (QED) is 0.793. The lowest BCUT2D eigenvalue weighted by Crippen LogP contribution is -2.54. The molecule has 2 atom stereocenters. The molecule has 2 fully saturated rings. The van der Waals surface area contributed by atoms with Crippen LogP contribution < -0.4 is 0 Å². The highest BCUT2D eigenvalue weighted by Gasteiger charge is 2.44. The van der Waals surface area contributed by atoms with Crippen LogP contribution in [0.4, 0.5) is 4.79 Å². The van der Waals surface area contributed by atoms with Gasteiger partial charge in [0.05, 0.1) is 0 Å². The number of hydrogen-bond acceptors (Lipinski definition) is 2. The lowest BCUT2D eigenvalue weighted by molar-refractivity contribution is -0.138. The number of carbonyl (C=O) groups is 2. The van der Waals surface area contributed by atoms with Crippen molar-refractivity contribution >= 4 is 12.0 Å². The molecule has 0 aromatic rings. The smallest absolute Gasteiger partial charge is 0.321 e. The number of carboxylic acid groups (broad SMARTS) is 1. The lowest BCUT2D eigenvalue weighted by Gasteiger charge is -2.42. The molecule has 2 amide bonds. The number of amides is 2. The van der Waals surface area contributed by atoms with E-state index in [-0.39, 0.29) is 36.5 Å². The van der Waals surface area contributed by atoms with Crippen LogP contribution in [-0.2, 0) is 4.79 Å². The maximum Gasteiger partial charge on any atom is 0.321 e. The Balaban J connectivity index is 2.06. The van der Waals surface area contributed by atoms with Crippen molar-refractivity contribution in [3.05, 3.63) is 12.7 Å². The second kappa shape index (κ2) is 6.50. The molecular formula is C16H26N2O3. The fraction of sp³-hybridized carbons (Fsp3) is 0.750. The Morgan fingerprint density at radius 2 is 1.90 bits per heavy atom. The third-order valence-electron chi connectivity index (χ3n) is 4.71. The molecule has 118 valence electrons. The third kappa shape index (κ3) is 3.39. The van der Waals surface area contributed by atoms with Crippen molar-refractivity contribution < 1.29 is 14.7 Å². The number of nitrogens with zero attached hydrogens (tertiary/aromatic N) is 2. The minimum Gasteiger partial charge on any atom is -0.481 e. The number of carboxylic acids is 1. The van der Waals surface area contributed by atoms with Gasteiger partial charge in [0.1, 0.15) is 0 Å². The normalized spacial score (nSPS) is 27.8. The summed E-state index contributed by atoms with van der Waals surface area (Å²) >= 11 is 0. The molecule has 0 aromatic heterocycles. The van der Waals surface area contributed by atoms with E-state index < -0.39 is 5.97 Å². The molecule has 2 aliphatic heterocycles. The number of aliphatic carboxylic acids is 1. The average Bonchev–Trinajstić information content (AvgIpc) is 2.66. The molecule has 2 saturated heterocycles. The number of rotatable bonds is 5. The summed E-state index contributed by atoms with van der Waals surface area (Å²) in [5.41, 5.74) is 0. The maximum absolute atomic E-state index is 12.8. The molecule has 21 heavy (non-hydrogen) atoms. The van der Waals surface area contributed by atoms with Gasteiger partial charge in [-0.15, -0.1) is 6.58 Å². The summed E-state index contributed by atoms with van der Waals surface area (Å²) in [6.07, 6.45) is 5.66. The molecule has 5 heteroatoms. The van der Waals surface area contributed by atoms with Gasteiger partial charge in [-0.1, -0.05) is 6.08 Å². The van der Waals surface area contributed by atoms with E-state index in [0.717, 1.165) is 25.7 Å². The van der Waals surface area contributed by atoms with Crippen LogP contribution in [0.2, 0.25) is 0 Å². The van der Waals surface area contributed by atoms with E-state index >= 15 is 0 Å². The SMILES string of the molecule is C=CCN(C(=O)N1C2CCC1CC(CC(=O)O)C2)C(C)C. The van der Waals surface area contributed by atoms with Gasteiger partial charge in [-0.05, 0) is 45.4 Å². The van der Waals surface area contributed by atoms with Crippen molar-refractivity contribution in [2.75, 3.05) is 6.54 Å². The Bertz CT molecular complexity index is 408. The van der Waals surface area contributed by atoms with Gasteiger partial charge in [0.25, 0.3) is 0 Å². The lowest BCUT2D eigenvalue weighted by atomic mass is 9.88. The zero-order valence-corrected chi connectivity index (χ0v) is 13.0. The zero-order valence-electron chi connectivity index (χ0n) is 13.0. The Hall–Kier alpha value is -1.52. The van der Waals surface area contributed by atoms with Crippen molar-refractivity contribution in [2.24, 2.45) is 5.92 Å². The molecule has 2 rings (SSSR count). The Kier molecular flexibility index (Phi) is 4.91. The molecule has 0 aromatic carbocycles. The van der Waals surface area contributed by atoms with Gasteiger partial charge in [0, 0.05) is 31.1 Å². The molecule has 2 bridgehead atoms. The molecular weight excluding hydrogens is 268 g/mol. The van der Waals surface area contributed by atoms with Crippen LogP contribution in [0.3, 0.4) is 0 Å². The monoisotopic (exact) mass is 294 g/mol. The van der Waals surface area contributed by atoms with E-state index in [1.165, 1.54) is 0 Å². The van der Waals surface area contributed by atoms with Gasteiger partial charge >= 0.3 is 12.0 Å². The number of piperidine rings is 1. The molecule has 0 saturated carbocycles. The number of urea groups is 1. The fourth-order valence-corrected chi connectivity index (χ4v) is 3.81. The summed E-state index contributed by atoms with van der Waals surface area (Å²) in [4.78, 5) is 27.6. The summed E-state index contributed by atoms with van der Waals surface area (Å²) < 4.78 is 0. The molecule has 2 aliphatic rings. The molecule has 5 nitrogen and oxygen atoms in total. The second-order valence-corrected chi connectivity index (χ2v) is 6.54. The summed E-state index contributed by atoms with van der Waals surface area (Å²) in [7, 11) is 0. The summed E-state index contributed by atoms with van der Waals surface area (Å²) in [5, 5.41) is 8.96. The molecule has 0 aliphatic carbocycles. The van der Waals surface area contributed by atoms with Crippen LogP contribution in [0, 0.1) is 5.92 Å². The molecule has 1 N–H and O–H groups in total. The highest BCUT2D eigenvalue weighted by atomic mass is 16.4. The largest absolute Gasteiger partial charge is 0.481 e. The van der Waals surface area contributed by atoms with E-state index in [9.17, 15) is 9.59 Å². The van der Waals surface area contributed by atoms with Gasteiger partial charge in [-0.3, -0.25) is 4.79 Å². The topological polar surface area (TPSA) is 60.9 Å². The zero-order chi connectivity index (χ0) is 15.6. The van der Waals surface area contributed by atoms with Crippen LogP contribution in [-0.4, -0.2) is 51.6 Å². The van der Waals surface area contributed by atoms with Crippen molar-refractivity contribution in [3.8, 4) is 0 Å². The minimum atomic E-state index is -0.727. The van der Waals surface area contributed by atoms with E-state index in [1.54, 1.807) is 6.08 Å². The standard InChI is InChI=1S/C16H26N2O3/c1-4-7-17(11(2)3)16(21)18-13-5-6-14(18)9-12(8-13)10-15(19)20/h4,11-14H,1,5-10H2,2-3H3,(H,19,20). The van der Waals surface area contributed by atoms with Gasteiger partial charge in [0.15, 0.2) is 0 Å². The third-order valence-corrected chi connectivity index (χ3v) is 4.71. The van der Waals surface area contributed by atoms with Crippen molar-refractivity contribution in [1.82, 2.24) is 9.80 Å². The first kappa shape index (κ1) is 15.9. The fourth-order valence-electron chi connectivity index (χ4n) is 3.81. The van der Waals surface area contributed by atoms with Gasteiger partial charge in [-0.25, -0.2) is 4.79 Å². The van der Waals surface area contributed by atoms with Gasteiger partial charge in [-0.2, -0.15) is 0 Å². The van der Waals surface area contributed by atoms with Crippen LogP contribution >= 0.6 is 0 Å². The maximum atomic E-state index is 12.8. The highest BCUT2D eigenvalue weighted by Crippen LogP contribution is 2.40.